The SMILES string of the molecule is O=C(/C=C/c1ccco1)N(Cc1ccccc1)c1ccccn1. The molecule has 2 heterocycles. The Kier molecular flexibility index (Phi) is 4.64. The molecular formula is C19H16N2O2. The number of rotatable bonds is 5. The Hall–Kier alpha value is -3.14. The van der Waals surface area contributed by atoms with Crippen LogP contribution in [0.4, 0.5) is 5.82 Å². The van der Waals surface area contributed by atoms with Gasteiger partial charge in [-0.25, -0.2) is 4.98 Å². The summed E-state index contributed by atoms with van der Waals surface area (Å²) in [6.07, 6.45) is 6.40. The topological polar surface area (TPSA) is 46.3 Å². The molecule has 23 heavy (non-hydrogen) atoms. The van der Waals surface area contributed by atoms with Crippen molar-refractivity contribution >= 4 is 17.8 Å². The number of carbonyl (C=O) groups excluding carboxylic acids is 1. The van der Waals surface area contributed by atoms with Crippen molar-refractivity contribution in [3.8, 4) is 0 Å². The van der Waals surface area contributed by atoms with Crippen LogP contribution in [0, 0.1) is 0 Å². The van der Waals surface area contributed by atoms with Crippen molar-refractivity contribution in [1.82, 2.24) is 4.98 Å². The minimum atomic E-state index is -0.149. The molecule has 1 aromatic carbocycles. The molecule has 0 aliphatic rings. The first-order chi connectivity index (χ1) is 11.3. The van der Waals surface area contributed by atoms with Crippen LogP contribution in [0.1, 0.15) is 11.3 Å². The summed E-state index contributed by atoms with van der Waals surface area (Å²) in [5.74, 6) is 1.11. The van der Waals surface area contributed by atoms with Crippen LogP contribution < -0.4 is 4.90 Å². The average Bonchev–Trinajstić information content (AvgIpc) is 3.13. The minimum Gasteiger partial charge on any atom is -0.465 e. The predicted molar refractivity (Wildman–Crippen MR) is 89.6 cm³/mol. The summed E-state index contributed by atoms with van der Waals surface area (Å²) in [7, 11) is 0. The Bertz CT molecular complexity index is 766. The van der Waals surface area contributed by atoms with E-state index in [2.05, 4.69) is 4.98 Å². The molecule has 0 saturated heterocycles. The van der Waals surface area contributed by atoms with Gasteiger partial charge in [-0.15, -0.1) is 0 Å². The van der Waals surface area contributed by atoms with Crippen molar-refractivity contribution in [3.63, 3.8) is 0 Å². The van der Waals surface area contributed by atoms with Gasteiger partial charge in [0.2, 0.25) is 0 Å². The van der Waals surface area contributed by atoms with Gasteiger partial charge in [0.25, 0.3) is 5.91 Å². The zero-order valence-electron chi connectivity index (χ0n) is 12.5. The van der Waals surface area contributed by atoms with Gasteiger partial charge in [0.1, 0.15) is 11.6 Å². The lowest BCUT2D eigenvalue weighted by atomic mass is 10.2. The maximum atomic E-state index is 12.6. The summed E-state index contributed by atoms with van der Waals surface area (Å²) >= 11 is 0. The number of anilines is 1. The molecule has 0 unspecified atom stereocenters. The van der Waals surface area contributed by atoms with E-state index in [9.17, 15) is 4.79 Å². The van der Waals surface area contributed by atoms with Gasteiger partial charge in [0.05, 0.1) is 12.8 Å². The highest BCUT2D eigenvalue weighted by Gasteiger charge is 2.14. The van der Waals surface area contributed by atoms with Gasteiger partial charge in [0, 0.05) is 12.3 Å². The van der Waals surface area contributed by atoms with E-state index in [0.29, 0.717) is 18.1 Å². The van der Waals surface area contributed by atoms with Crippen LogP contribution in [0.5, 0.6) is 0 Å². The van der Waals surface area contributed by atoms with E-state index in [0.717, 1.165) is 5.56 Å². The fourth-order valence-electron chi connectivity index (χ4n) is 2.18. The van der Waals surface area contributed by atoms with E-state index in [1.54, 1.807) is 35.6 Å². The summed E-state index contributed by atoms with van der Waals surface area (Å²) in [6, 6.07) is 18.9. The molecule has 3 rings (SSSR count). The van der Waals surface area contributed by atoms with Gasteiger partial charge in [-0.3, -0.25) is 9.69 Å². The van der Waals surface area contributed by atoms with Gasteiger partial charge in [-0.1, -0.05) is 36.4 Å². The summed E-state index contributed by atoms with van der Waals surface area (Å²) in [6.45, 7) is 0.458. The van der Waals surface area contributed by atoms with Gasteiger partial charge in [-0.2, -0.15) is 0 Å². The first kappa shape index (κ1) is 14.8. The molecule has 0 atom stereocenters. The highest BCUT2D eigenvalue weighted by atomic mass is 16.3. The molecule has 4 nitrogen and oxygen atoms in total. The number of pyridine rings is 1. The van der Waals surface area contributed by atoms with Crippen molar-refractivity contribution in [2.24, 2.45) is 0 Å². The van der Waals surface area contributed by atoms with E-state index in [-0.39, 0.29) is 5.91 Å². The maximum absolute atomic E-state index is 12.6. The van der Waals surface area contributed by atoms with Gasteiger partial charge in [-0.05, 0) is 35.9 Å². The first-order valence-corrected chi connectivity index (χ1v) is 7.31. The van der Waals surface area contributed by atoms with Crippen molar-refractivity contribution in [2.75, 3.05) is 4.90 Å². The second kappa shape index (κ2) is 7.22. The second-order valence-corrected chi connectivity index (χ2v) is 4.95. The molecule has 0 fully saturated rings. The molecule has 0 aliphatic carbocycles. The minimum absolute atomic E-state index is 0.149. The van der Waals surface area contributed by atoms with Gasteiger partial charge >= 0.3 is 0 Å². The lowest BCUT2D eigenvalue weighted by molar-refractivity contribution is -0.114. The van der Waals surface area contributed by atoms with Crippen LogP contribution in [-0.4, -0.2) is 10.9 Å². The average molecular weight is 304 g/mol. The fraction of sp³-hybridized carbons (Fsp3) is 0.0526. The molecule has 3 aromatic rings. The van der Waals surface area contributed by atoms with Crippen LogP contribution in [0.2, 0.25) is 0 Å². The molecule has 1 amide bonds. The highest BCUT2D eigenvalue weighted by Crippen LogP contribution is 2.15. The number of furan rings is 1. The maximum Gasteiger partial charge on any atom is 0.252 e. The van der Waals surface area contributed by atoms with Crippen molar-refractivity contribution < 1.29 is 9.21 Å². The van der Waals surface area contributed by atoms with E-state index >= 15 is 0 Å². The molecule has 114 valence electrons. The monoisotopic (exact) mass is 304 g/mol. The number of benzene rings is 1. The molecule has 2 aromatic heterocycles. The van der Waals surface area contributed by atoms with Crippen molar-refractivity contribution in [2.45, 2.75) is 6.54 Å². The van der Waals surface area contributed by atoms with Gasteiger partial charge < -0.3 is 4.42 Å². The molecule has 0 saturated carbocycles. The number of amides is 1. The smallest absolute Gasteiger partial charge is 0.252 e. The molecular weight excluding hydrogens is 288 g/mol. The third-order valence-electron chi connectivity index (χ3n) is 3.31. The predicted octanol–water partition coefficient (Wildman–Crippen LogP) is 3.92. The Balaban J connectivity index is 1.84. The normalized spacial score (nSPS) is 10.8. The Morgan fingerprint density at radius 1 is 1.04 bits per heavy atom. The summed E-state index contributed by atoms with van der Waals surface area (Å²) < 4.78 is 5.21. The number of carbonyl (C=O) groups is 1. The summed E-state index contributed by atoms with van der Waals surface area (Å²) in [5, 5.41) is 0. The third kappa shape index (κ3) is 3.95. The lowest BCUT2D eigenvalue weighted by Crippen LogP contribution is -2.29. The van der Waals surface area contributed by atoms with Crippen LogP contribution in [0.25, 0.3) is 6.08 Å². The van der Waals surface area contributed by atoms with Crippen molar-refractivity contribution in [3.05, 3.63) is 90.5 Å². The molecule has 0 N–H and O–H groups in total. The highest BCUT2D eigenvalue weighted by molar-refractivity contribution is 6.03. The molecule has 0 aliphatic heterocycles. The van der Waals surface area contributed by atoms with Crippen LogP contribution in [-0.2, 0) is 11.3 Å². The number of hydrogen-bond acceptors (Lipinski definition) is 3. The van der Waals surface area contributed by atoms with Crippen molar-refractivity contribution in [1.29, 1.82) is 0 Å². The summed E-state index contributed by atoms with van der Waals surface area (Å²) in [5.41, 5.74) is 1.04. The van der Waals surface area contributed by atoms with E-state index in [1.165, 1.54) is 6.08 Å². The Labute approximate surface area is 134 Å². The molecule has 0 spiro atoms. The van der Waals surface area contributed by atoms with E-state index < -0.39 is 0 Å². The van der Waals surface area contributed by atoms with E-state index in [4.69, 9.17) is 4.42 Å². The quantitative estimate of drug-likeness (QED) is 0.671. The number of nitrogens with zero attached hydrogens (tertiary/aromatic N) is 2. The summed E-state index contributed by atoms with van der Waals surface area (Å²) in [4.78, 5) is 18.5. The Morgan fingerprint density at radius 3 is 2.57 bits per heavy atom. The second-order valence-electron chi connectivity index (χ2n) is 4.95. The standard InChI is InChI=1S/C19H16N2O2/c22-19(12-11-17-9-6-14-23-17)21(18-10-4-5-13-20-18)15-16-7-2-1-3-8-16/h1-14H,15H2/b12-11+. The zero-order chi connectivity index (χ0) is 15.9. The fourth-order valence-corrected chi connectivity index (χ4v) is 2.18. The van der Waals surface area contributed by atoms with Crippen LogP contribution >= 0.6 is 0 Å². The Morgan fingerprint density at radius 2 is 1.87 bits per heavy atom. The number of hydrogen-bond donors (Lipinski definition) is 0. The molecule has 4 heteroatoms. The zero-order valence-corrected chi connectivity index (χ0v) is 12.5. The molecule has 0 bridgehead atoms. The van der Waals surface area contributed by atoms with Gasteiger partial charge in [0.15, 0.2) is 0 Å². The van der Waals surface area contributed by atoms with E-state index in [1.807, 2.05) is 48.5 Å². The van der Waals surface area contributed by atoms with Crippen LogP contribution in [0.15, 0.2) is 83.6 Å². The third-order valence-corrected chi connectivity index (χ3v) is 3.31. The lowest BCUT2D eigenvalue weighted by Gasteiger charge is -2.20. The van der Waals surface area contributed by atoms with Crippen LogP contribution in [0.3, 0.4) is 0 Å². The largest absolute Gasteiger partial charge is 0.465 e. The molecule has 0 radical (unpaired) electrons. The number of aromatic nitrogens is 1. The first-order valence-electron chi connectivity index (χ1n) is 7.31.